The van der Waals surface area contributed by atoms with Gasteiger partial charge in [-0.15, -0.1) is 0 Å². The summed E-state index contributed by atoms with van der Waals surface area (Å²) >= 11 is 0. The molecule has 0 radical (unpaired) electrons. The number of aryl methyl sites for hydroxylation is 2. The van der Waals surface area contributed by atoms with Crippen LogP contribution in [0.25, 0.3) is 0 Å². The Morgan fingerprint density at radius 1 is 1.32 bits per heavy atom. The molecule has 0 bridgehead atoms. The van der Waals surface area contributed by atoms with Crippen molar-refractivity contribution in [2.45, 2.75) is 26.3 Å². The minimum Gasteiger partial charge on any atom is -0.405 e. The highest BCUT2D eigenvalue weighted by molar-refractivity contribution is 5.94. The molecule has 1 amide bonds. The Morgan fingerprint density at radius 2 is 2.05 bits per heavy atom. The number of nitrogens with two attached hydrogens (primary N) is 1. The zero-order valence-electron chi connectivity index (χ0n) is 13.2. The molecular weight excluding hydrogens is 278 g/mol. The number of para-hydroxylation sites is 1. The molecule has 0 aliphatic heterocycles. The average molecular weight is 300 g/mol. The second-order valence-corrected chi connectivity index (χ2v) is 5.21. The lowest BCUT2D eigenvalue weighted by Crippen LogP contribution is -2.34. The quantitative estimate of drug-likeness (QED) is 0.831. The van der Waals surface area contributed by atoms with Gasteiger partial charge < -0.3 is 15.8 Å². The largest absolute Gasteiger partial charge is 0.405 e. The van der Waals surface area contributed by atoms with Gasteiger partial charge in [-0.05, 0) is 31.0 Å². The number of nitrogens with one attached hydrogen (secondary N) is 1. The van der Waals surface area contributed by atoms with Crippen molar-refractivity contribution in [2.24, 2.45) is 12.8 Å². The van der Waals surface area contributed by atoms with Crippen LogP contribution in [-0.4, -0.2) is 11.9 Å². The van der Waals surface area contributed by atoms with Crippen LogP contribution in [0.4, 0.5) is 5.69 Å². The van der Waals surface area contributed by atoms with E-state index in [0.29, 0.717) is 11.6 Å². The third-order valence-electron chi connectivity index (χ3n) is 3.33. The molecule has 0 aliphatic rings. The van der Waals surface area contributed by atoms with Crippen molar-refractivity contribution in [2.75, 3.05) is 5.32 Å². The van der Waals surface area contributed by atoms with E-state index >= 15 is 0 Å². The average Bonchev–Trinajstić information content (AvgIpc) is 2.50. The van der Waals surface area contributed by atoms with Crippen LogP contribution in [0, 0.1) is 0 Å². The van der Waals surface area contributed by atoms with Gasteiger partial charge in [-0.1, -0.05) is 25.1 Å². The standard InChI is InChI=1S/C17H21N3O2/c1-4-13-7-5-6-8-15(13)22-16-10-9-14(11-20(16)3)19-17(21)12(2)18/h5-12H,4,18H2,1-3H3/p+1. The van der Waals surface area contributed by atoms with Crippen molar-refractivity contribution in [1.29, 1.82) is 0 Å². The zero-order valence-corrected chi connectivity index (χ0v) is 13.2. The monoisotopic (exact) mass is 300 g/mol. The first-order valence-corrected chi connectivity index (χ1v) is 7.33. The van der Waals surface area contributed by atoms with Gasteiger partial charge in [-0.2, -0.15) is 4.57 Å². The van der Waals surface area contributed by atoms with E-state index in [0.717, 1.165) is 17.7 Å². The van der Waals surface area contributed by atoms with Gasteiger partial charge >= 0.3 is 5.88 Å². The van der Waals surface area contributed by atoms with Crippen LogP contribution in [-0.2, 0) is 18.3 Å². The fraction of sp³-hybridized carbons (Fsp3) is 0.294. The molecule has 1 unspecified atom stereocenters. The molecule has 1 atom stereocenters. The highest BCUT2D eigenvalue weighted by atomic mass is 16.5. The second-order valence-electron chi connectivity index (χ2n) is 5.21. The number of hydrogen-bond acceptors (Lipinski definition) is 3. The molecule has 3 N–H and O–H groups in total. The maximum Gasteiger partial charge on any atom is 0.373 e. The first kappa shape index (κ1) is 16.0. The molecule has 0 spiro atoms. The molecule has 5 heteroatoms. The molecule has 0 aliphatic carbocycles. The number of amides is 1. The summed E-state index contributed by atoms with van der Waals surface area (Å²) in [6.45, 7) is 3.74. The van der Waals surface area contributed by atoms with Gasteiger partial charge in [0.1, 0.15) is 18.5 Å². The Morgan fingerprint density at radius 3 is 2.68 bits per heavy atom. The highest BCUT2D eigenvalue weighted by Crippen LogP contribution is 2.23. The number of aromatic nitrogens is 1. The Bertz CT molecular complexity index is 669. The topological polar surface area (TPSA) is 68.2 Å². The summed E-state index contributed by atoms with van der Waals surface area (Å²) in [5.41, 5.74) is 7.37. The molecule has 1 aromatic heterocycles. The molecule has 116 valence electrons. The van der Waals surface area contributed by atoms with Crippen LogP contribution in [0.1, 0.15) is 19.4 Å². The number of hydrogen-bond donors (Lipinski definition) is 2. The van der Waals surface area contributed by atoms with E-state index in [1.54, 1.807) is 19.2 Å². The van der Waals surface area contributed by atoms with E-state index in [1.807, 2.05) is 41.9 Å². The van der Waals surface area contributed by atoms with Crippen molar-refractivity contribution < 1.29 is 14.1 Å². The van der Waals surface area contributed by atoms with Crippen molar-refractivity contribution in [3.63, 3.8) is 0 Å². The molecule has 0 saturated heterocycles. The summed E-state index contributed by atoms with van der Waals surface area (Å²) in [4.78, 5) is 11.6. The number of benzene rings is 1. The predicted molar refractivity (Wildman–Crippen MR) is 85.8 cm³/mol. The minimum atomic E-state index is -0.544. The Kier molecular flexibility index (Phi) is 5.12. The van der Waals surface area contributed by atoms with Crippen LogP contribution in [0.2, 0.25) is 0 Å². The molecule has 2 rings (SSSR count). The van der Waals surface area contributed by atoms with E-state index < -0.39 is 6.04 Å². The van der Waals surface area contributed by atoms with Crippen LogP contribution >= 0.6 is 0 Å². The van der Waals surface area contributed by atoms with Gasteiger partial charge in [-0.3, -0.25) is 4.79 Å². The van der Waals surface area contributed by atoms with Gasteiger partial charge in [-0.25, -0.2) is 0 Å². The van der Waals surface area contributed by atoms with Gasteiger partial charge in [0.25, 0.3) is 0 Å². The molecule has 2 aromatic rings. The highest BCUT2D eigenvalue weighted by Gasteiger charge is 2.14. The number of anilines is 1. The number of ether oxygens (including phenoxy) is 1. The smallest absolute Gasteiger partial charge is 0.373 e. The summed E-state index contributed by atoms with van der Waals surface area (Å²) in [6, 6.07) is 11.0. The third kappa shape index (κ3) is 3.83. The van der Waals surface area contributed by atoms with Crippen molar-refractivity contribution in [1.82, 2.24) is 0 Å². The normalized spacial score (nSPS) is 11.8. The van der Waals surface area contributed by atoms with Crippen molar-refractivity contribution in [3.05, 3.63) is 48.2 Å². The van der Waals surface area contributed by atoms with Gasteiger partial charge in [0, 0.05) is 0 Å². The second kappa shape index (κ2) is 7.04. The fourth-order valence-electron chi connectivity index (χ4n) is 2.04. The lowest BCUT2D eigenvalue weighted by molar-refractivity contribution is -0.675. The molecule has 1 heterocycles. The zero-order chi connectivity index (χ0) is 16.1. The number of rotatable bonds is 5. The van der Waals surface area contributed by atoms with Gasteiger partial charge in [0.15, 0.2) is 6.20 Å². The van der Waals surface area contributed by atoms with Crippen LogP contribution in [0.3, 0.4) is 0 Å². The molecule has 1 aromatic carbocycles. The van der Waals surface area contributed by atoms with Crippen LogP contribution < -0.4 is 20.4 Å². The van der Waals surface area contributed by atoms with Gasteiger partial charge in [0.2, 0.25) is 5.91 Å². The number of carbonyl (C=O) groups excluding carboxylic acids is 1. The lowest BCUT2D eigenvalue weighted by Gasteiger charge is -2.09. The van der Waals surface area contributed by atoms with E-state index in [9.17, 15) is 4.79 Å². The van der Waals surface area contributed by atoms with Crippen LogP contribution in [0.15, 0.2) is 42.6 Å². The molecular formula is C17H22N3O2+. The predicted octanol–water partition coefficient (Wildman–Crippen LogP) is 2.15. The third-order valence-corrected chi connectivity index (χ3v) is 3.33. The number of carbonyl (C=O) groups is 1. The summed E-state index contributed by atoms with van der Waals surface area (Å²) in [6.07, 6.45) is 2.70. The summed E-state index contributed by atoms with van der Waals surface area (Å²) < 4.78 is 7.79. The molecule has 5 nitrogen and oxygen atoms in total. The Labute approximate surface area is 130 Å². The Balaban J connectivity index is 2.18. The van der Waals surface area contributed by atoms with Crippen molar-refractivity contribution in [3.8, 4) is 11.6 Å². The van der Waals surface area contributed by atoms with Crippen molar-refractivity contribution >= 4 is 11.6 Å². The first-order valence-electron chi connectivity index (χ1n) is 7.33. The summed E-state index contributed by atoms with van der Waals surface area (Å²) in [7, 11) is 1.87. The molecule has 0 fully saturated rings. The lowest BCUT2D eigenvalue weighted by atomic mass is 10.1. The number of nitrogens with zero attached hydrogens (tertiary/aromatic N) is 1. The van der Waals surface area contributed by atoms with Crippen LogP contribution in [0.5, 0.6) is 11.6 Å². The number of pyridine rings is 1. The first-order chi connectivity index (χ1) is 10.5. The van der Waals surface area contributed by atoms with Gasteiger partial charge in [0.05, 0.1) is 12.1 Å². The maximum absolute atomic E-state index is 11.6. The van der Waals surface area contributed by atoms with E-state index in [2.05, 4.69) is 12.2 Å². The Hall–Kier alpha value is -2.40. The molecule has 22 heavy (non-hydrogen) atoms. The van der Waals surface area contributed by atoms with E-state index in [-0.39, 0.29) is 5.91 Å². The summed E-state index contributed by atoms with van der Waals surface area (Å²) in [5, 5.41) is 2.76. The SMILES string of the molecule is CCc1ccccc1Oc1ccc(NC(=O)C(C)N)c[n+]1C. The summed E-state index contributed by atoms with van der Waals surface area (Å²) in [5.74, 6) is 1.32. The fourth-order valence-corrected chi connectivity index (χ4v) is 2.04. The van der Waals surface area contributed by atoms with E-state index in [4.69, 9.17) is 10.5 Å². The van der Waals surface area contributed by atoms with E-state index in [1.165, 1.54) is 0 Å². The minimum absolute atomic E-state index is 0.218. The molecule has 0 saturated carbocycles. The maximum atomic E-state index is 11.6.